The maximum Gasteiger partial charge on any atom is 0.341 e. The number of benzene rings is 1. The lowest BCUT2D eigenvalue weighted by Gasteiger charge is -2.26. The lowest BCUT2D eigenvalue weighted by atomic mass is 10.2. The minimum Gasteiger partial charge on any atom is -0.507 e. The zero-order valence-corrected chi connectivity index (χ0v) is 12.6. The van der Waals surface area contributed by atoms with Gasteiger partial charge in [-0.05, 0) is 40.8 Å². The minimum atomic E-state index is -0.484. The Morgan fingerprint density at radius 3 is 2.84 bits per heavy atom. The summed E-state index contributed by atoms with van der Waals surface area (Å²) in [6.07, 6.45) is 0. The Hall–Kier alpha value is -0.860. The van der Waals surface area contributed by atoms with E-state index in [-0.39, 0.29) is 11.3 Å². The fourth-order valence-electron chi connectivity index (χ4n) is 1.85. The van der Waals surface area contributed by atoms with Crippen LogP contribution in [0.5, 0.6) is 5.75 Å². The fraction of sp³-hybridized carbons (Fsp3) is 0.462. The molecule has 1 aromatic carbocycles. The molecular weight excluding hydrogens is 361 g/mol. The third kappa shape index (κ3) is 4.32. The molecule has 0 bridgehead atoms. The van der Waals surface area contributed by atoms with Gasteiger partial charge in [-0.15, -0.1) is 0 Å². The van der Waals surface area contributed by atoms with Crippen molar-refractivity contribution in [3.8, 4) is 5.75 Å². The number of carbonyl (C=O) groups is 1. The van der Waals surface area contributed by atoms with Crippen LogP contribution in [-0.2, 0) is 9.47 Å². The topological polar surface area (TPSA) is 59.0 Å². The molecular formula is C13H16INO4. The van der Waals surface area contributed by atoms with E-state index in [9.17, 15) is 9.90 Å². The van der Waals surface area contributed by atoms with Crippen LogP contribution in [0.4, 0.5) is 0 Å². The van der Waals surface area contributed by atoms with Crippen LogP contribution >= 0.6 is 22.6 Å². The molecule has 5 nitrogen and oxygen atoms in total. The Labute approximate surface area is 125 Å². The molecule has 0 saturated carbocycles. The van der Waals surface area contributed by atoms with Gasteiger partial charge in [0, 0.05) is 23.2 Å². The van der Waals surface area contributed by atoms with Crippen molar-refractivity contribution in [2.24, 2.45) is 0 Å². The highest BCUT2D eigenvalue weighted by molar-refractivity contribution is 14.1. The molecule has 2 rings (SSSR count). The summed E-state index contributed by atoms with van der Waals surface area (Å²) in [5, 5.41) is 9.68. The number of esters is 1. The summed E-state index contributed by atoms with van der Waals surface area (Å²) in [5.74, 6) is -0.523. The second-order valence-electron chi connectivity index (χ2n) is 4.25. The number of aromatic hydroxyl groups is 1. The van der Waals surface area contributed by atoms with E-state index >= 15 is 0 Å². The predicted molar refractivity (Wildman–Crippen MR) is 78.4 cm³/mol. The van der Waals surface area contributed by atoms with Crippen LogP contribution in [0.1, 0.15) is 10.4 Å². The van der Waals surface area contributed by atoms with E-state index in [1.54, 1.807) is 18.2 Å². The lowest BCUT2D eigenvalue weighted by molar-refractivity contribution is 0.0194. The van der Waals surface area contributed by atoms with Crippen molar-refractivity contribution in [2.45, 2.75) is 0 Å². The number of phenols is 1. The Balaban J connectivity index is 1.80. The molecule has 1 aromatic rings. The molecule has 104 valence electrons. The standard InChI is InChI=1S/C13H16INO4/c14-10-1-2-11(12(16)9-10)13(17)19-8-5-15-3-6-18-7-4-15/h1-2,9,16H,3-8H2. The zero-order chi connectivity index (χ0) is 13.7. The van der Waals surface area contributed by atoms with Crippen molar-refractivity contribution >= 4 is 28.6 Å². The number of ether oxygens (including phenoxy) is 2. The van der Waals surface area contributed by atoms with E-state index in [1.165, 1.54) is 0 Å². The summed E-state index contributed by atoms with van der Waals surface area (Å²) in [4.78, 5) is 14.0. The summed E-state index contributed by atoms with van der Waals surface area (Å²) in [5.41, 5.74) is 0.211. The van der Waals surface area contributed by atoms with Gasteiger partial charge < -0.3 is 14.6 Å². The van der Waals surface area contributed by atoms with Gasteiger partial charge in [-0.1, -0.05) is 0 Å². The van der Waals surface area contributed by atoms with E-state index in [0.29, 0.717) is 13.2 Å². The van der Waals surface area contributed by atoms with Crippen LogP contribution in [-0.4, -0.2) is 55.4 Å². The molecule has 0 aromatic heterocycles. The van der Waals surface area contributed by atoms with Crippen LogP contribution in [0, 0.1) is 3.57 Å². The average Bonchev–Trinajstić information content (AvgIpc) is 2.39. The molecule has 0 atom stereocenters. The van der Waals surface area contributed by atoms with Gasteiger partial charge in [0.2, 0.25) is 0 Å². The van der Waals surface area contributed by atoms with E-state index in [2.05, 4.69) is 27.5 Å². The predicted octanol–water partition coefficient (Wildman–Crippen LogP) is 1.49. The number of hydrogen-bond acceptors (Lipinski definition) is 5. The van der Waals surface area contributed by atoms with E-state index in [0.717, 1.165) is 29.9 Å². The van der Waals surface area contributed by atoms with Crippen LogP contribution < -0.4 is 0 Å². The summed E-state index contributed by atoms with van der Waals surface area (Å²) in [6.45, 7) is 4.21. The molecule has 0 radical (unpaired) electrons. The zero-order valence-electron chi connectivity index (χ0n) is 10.5. The number of carbonyl (C=O) groups excluding carboxylic acids is 1. The molecule has 1 aliphatic rings. The van der Waals surface area contributed by atoms with E-state index < -0.39 is 5.97 Å². The summed E-state index contributed by atoms with van der Waals surface area (Å²) >= 11 is 2.07. The van der Waals surface area contributed by atoms with Crippen molar-refractivity contribution in [2.75, 3.05) is 39.5 Å². The quantitative estimate of drug-likeness (QED) is 0.637. The van der Waals surface area contributed by atoms with E-state index in [4.69, 9.17) is 9.47 Å². The second kappa shape index (κ2) is 7.06. The third-order valence-electron chi connectivity index (χ3n) is 2.92. The fourth-order valence-corrected chi connectivity index (χ4v) is 2.32. The normalized spacial score (nSPS) is 16.3. The minimum absolute atomic E-state index is 0.0386. The first-order valence-corrected chi connectivity index (χ1v) is 7.20. The van der Waals surface area contributed by atoms with Gasteiger partial charge in [0.15, 0.2) is 0 Å². The number of halogens is 1. The van der Waals surface area contributed by atoms with Gasteiger partial charge in [0.05, 0.1) is 13.2 Å². The van der Waals surface area contributed by atoms with Crippen molar-refractivity contribution in [1.82, 2.24) is 4.90 Å². The van der Waals surface area contributed by atoms with Gasteiger partial charge in [-0.3, -0.25) is 4.90 Å². The van der Waals surface area contributed by atoms with Crippen molar-refractivity contribution in [3.63, 3.8) is 0 Å². The van der Waals surface area contributed by atoms with Crippen molar-refractivity contribution in [3.05, 3.63) is 27.3 Å². The summed E-state index contributed by atoms with van der Waals surface area (Å²) in [7, 11) is 0. The Kier molecular flexibility index (Phi) is 5.41. The molecule has 1 saturated heterocycles. The van der Waals surface area contributed by atoms with Gasteiger partial charge in [-0.25, -0.2) is 4.79 Å². The van der Waals surface area contributed by atoms with E-state index in [1.807, 2.05) is 0 Å². The first kappa shape index (κ1) is 14.5. The first-order chi connectivity index (χ1) is 9.16. The number of morpholine rings is 1. The largest absolute Gasteiger partial charge is 0.507 e. The number of phenolic OH excluding ortho intramolecular Hbond substituents is 1. The molecule has 0 unspecified atom stereocenters. The molecule has 19 heavy (non-hydrogen) atoms. The summed E-state index contributed by atoms with van der Waals surface area (Å²) in [6, 6.07) is 4.88. The lowest BCUT2D eigenvalue weighted by Crippen LogP contribution is -2.38. The number of hydrogen-bond donors (Lipinski definition) is 1. The van der Waals surface area contributed by atoms with Gasteiger partial charge in [0.25, 0.3) is 0 Å². The number of nitrogens with zero attached hydrogens (tertiary/aromatic N) is 1. The molecule has 0 amide bonds. The third-order valence-corrected chi connectivity index (χ3v) is 3.60. The molecule has 1 fully saturated rings. The molecule has 1 aliphatic heterocycles. The number of rotatable bonds is 4. The molecule has 0 spiro atoms. The maximum absolute atomic E-state index is 11.8. The highest BCUT2D eigenvalue weighted by Crippen LogP contribution is 2.20. The molecule has 1 heterocycles. The van der Waals surface area contributed by atoms with Crippen molar-refractivity contribution < 1.29 is 19.4 Å². The Morgan fingerprint density at radius 1 is 1.42 bits per heavy atom. The smallest absolute Gasteiger partial charge is 0.341 e. The highest BCUT2D eigenvalue weighted by atomic mass is 127. The summed E-state index contributed by atoms with van der Waals surface area (Å²) < 4.78 is 11.3. The molecule has 6 heteroatoms. The van der Waals surface area contributed by atoms with Crippen LogP contribution in [0.2, 0.25) is 0 Å². The maximum atomic E-state index is 11.8. The second-order valence-corrected chi connectivity index (χ2v) is 5.50. The molecule has 1 N–H and O–H groups in total. The van der Waals surface area contributed by atoms with Crippen molar-refractivity contribution in [1.29, 1.82) is 0 Å². The van der Waals surface area contributed by atoms with Gasteiger partial charge >= 0.3 is 5.97 Å². The van der Waals surface area contributed by atoms with Gasteiger partial charge in [0.1, 0.15) is 17.9 Å². The monoisotopic (exact) mass is 377 g/mol. The van der Waals surface area contributed by atoms with Crippen LogP contribution in [0.25, 0.3) is 0 Å². The SMILES string of the molecule is O=C(OCCN1CCOCC1)c1ccc(I)cc1O. The first-order valence-electron chi connectivity index (χ1n) is 6.12. The van der Waals surface area contributed by atoms with Crippen LogP contribution in [0.15, 0.2) is 18.2 Å². The van der Waals surface area contributed by atoms with Gasteiger partial charge in [-0.2, -0.15) is 0 Å². The average molecular weight is 377 g/mol. The van der Waals surface area contributed by atoms with Crippen LogP contribution in [0.3, 0.4) is 0 Å². The Bertz CT molecular complexity index is 446. The highest BCUT2D eigenvalue weighted by Gasteiger charge is 2.14. The molecule has 0 aliphatic carbocycles. The Morgan fingerprint density at radius 2 is 2.16 bits per heavy atom.